The van der Waals surface area contributed by atoms with Crippen molar-refractivity contribution in [2.24, 2.45) is 29.4 Å². The predicted octanol–water partition coefficient (Wildman–Crippen LogP) is 2.89. The highest BCUT2D eigenvalue weighted by Crippen LogP contribution is 2.43. The van der Waals surface area contributed by atoms with Gasteiger partial charge in [0, 0.05) is 11.5 Å². The molecule has 1 aliphatic carbocycles. The molecule has 0 bridgehead atoms. The molecule has 0 aromatic carbocycles. The number of hydrogen-bond donors (Lipinski definition) is 3. The van der Waals surface area contributed by atoms with E-state index in [1.165, 1.54) is 26.2 Å². The lowest BCUT2D eigenvalue weighted by Gasteiger charge is -2.38. The first-order valence-corrected chi connectivity index (χ1v) is 7.81. The summed E-state index contributed by atoms with van der Waals surface area (Å²) in [5, 5.41) is 19.3. The Bertz CT molecular complexity index is 283. The van der Waals surface area contributed by atoms with Crippen molar-refractivity contribution in [1.82, 2.24) is 0 Å². The van der Waals surface area contributed by atoms with Crippen LogP contribution < -0.4 is 5.73 Å². The second-order valence-electron chi connectivity index (χ2n) is 7.36. The van der Waals surface area contributed by atoms with Gasteiger partial charge < -0.3 is 15.9 Å². The van der Waals surface area contributed by atoms with Crippen LogP contribution in [0.1, 0.15) is 66.7 Å². The molecule has 1 saturated carbocycles. The van der Waals surface area contributed by atoms with Crippen LogP contribution in [-0.4, -0.2) is 21.5 Å². The quantitative estimate of drug-likeness (QED) is 0.595. The minimum Gasteiger partial charge on any atom is -0.366 e. The van der Waals surface area contributed by atoms with Crippen molar-refractivity contribution in [1.29, 1.82) is 0 Å². The van der Waals surface area contributed by atoms with Gasteiger partial charge in [-0.3, -0.25) is 0 Å². The van der Waals surface area contributed by atoms with Gasteiger partial charge in [-0.15, -0.1) is 0 Å². The average Bonchev–Trinajstić information content (AvgIpc) is 2.93. The largest absolute Gasteiger partial charge is 0.366 e. The number of hydrogen-bond acceptors (Lipinski definition) is 3. The molecule has 19 heavy (non-hydrogen) atoms. The van der Waals surface area contributed by atoms with Crippen molar-refractivity contribution in [3.05, 3.63) is 0 Å². The topological polar surface area (TPSA) is 66.5 Å². The van der Waals surface area contributed by atoms with Crippen LogP contribution in [0.3, 0.4) is 0 Å². The molecule has 0 aliphatic heterocycles. The normalized spacial score (nSPS) is 29.7. The van der Waals surface area contributed by atoms with Gasteiger partial charge >= 0.3 is 0 Å². The molecule has 1 aliphatic rings. The Hall–Kier alpha value is -0.120. The Morgan fingerprint density at radius 1 is 1.32 bits per heavy atom. The number of nitrogens with two attached hydrogens (primary N) is 1. The molecule has 5 unspecified atom stereocenters. The molecule has 0 saturated heterocycles. The van der Waals surface area contributed by atoms with Crippen molar-refractivity contribution in [2.45, 2.75) is 78.0 Å². The van der Waals surface area contributed by atoms with Gasteiger partial charge in [0.15, 0.2) is 5.79 Å². The van der Waals surface area contributed by atoms with Crippen molar-refractivity contribution in [3.8, 4) is 0 Å². The first-order chi connectivity index (χ1) is 8.58. The third kappa shape index (κ3) is 5.05. The zero-order valence-corrected chi connectivity index (χ0v) is 13.3. The second-order valence-corrected chi connectivity index (χ2v) is 7.36. The van der Waals surface area contributed by atoms with E-state index in [0.29, 0.717) is 12.3 Å². The fourth-order valence-electron chi connectivity index (χ4n) is 3.24. The van der Waals surface area contributed by atoms with E-state index in [-0.39, 0.29) is 11.5 Å². The van der Waals surface area contributed by atoms with E-state index in [4.69, 9.17) is 5.73 Å². The highest BCUT2D eigenvalue weighted by Gasteiger charge is 2.38. The Kier molecular flexibility index (Phi) is 5.44. The summed E-state index contributed by atoms with van der Waals surface area (Å²) in [5.74, 6) is 0.424. The van der Waals surface area contributed by atoms with Crippen LogP contribution >= 0.6 is 0 Å². The van der Waals surface area contributed by atoms with E-state index in [0.717, 1.165) is 18.3 Å². The Balaban J connectivity index is 2.51. The summed E-state index contributed by atoms with van der Waals surface area (Å²) in [4.78, 5) is 0. The summed E-state index contributed by atoms with van der Waals surface area (Å²) in [6, 6.07) is 0. The molecule has 0 spiro atoms. The van der Waals surface area contributed by atoms with Gasteiger partial charge in [0.1, 0.15) is 0 Å². The first kappa shape index (κ1) is 16.9. The average molecular weight is 271 g/mol. The van der Waals surface area contributed by atoms with Crippen LogP contribution in [0.25, 0.3) is 0 Å². The second kappa shape index (κ2) is 6.11. The summed E-state index contributed by atoms with van der Waals surface area (Å²) in [6.45, 7) is 9.88. The Labute approximate surface area is 118 Å². The highest BCUT2D eigenvalue weighted by atomic mass is 16.5. The van der Waals surface area contributed by atoms with Crippen molar-refractivity contribution < 1.29 is 10.2 Å². The highest BCUT2D eigenvalue weighted by molar-refractivity contribution is 4.91. The summed E-state index contributed by atoms with van der Waals surface area (Å²) >= 11 is 0. The molecule has 0 aromatic heterocycles. The number of aliphatic hydroxyl groups is 2. The van der Waals surface area contributed by atoms with Gasteiger partial charge in [-0.2, -0.15) is 0 Å². The molecule has 0 aromatic rings. The minimum atomic E-state index is -1.63. The maximum Gasteiger partial charge on any atom is 0.162 e. The lowest BCUT2D eigenvalue weighted by atomic mass is 9.74. The van der Waals surface area contributed by atoms with Crippen molar-refractivity contribution in [3.63, 3.8) is 0 Å². The van der Waals surface area contributed by atoms with Gasteiger partial charge in [-0.25, -0.2) is 0 Å². The van der Waals surface area contributed by atoms with Gasteiger partial charge in [-0.1, -0.05) is 27.2 Å². The monoisotopic (exact) mass is 271 g/mol. The fourth-order valence-corrected chi connectivity index (χ4v) is 3.24. The molecule has 5 atom stereocenters. The summed E-state index contributed by atoms with van der Waals surface area (Å²) in [6.07, 6.45) is 5.53. The molecule has 0 heterocycles. The summed E-state index contributed by atoms with van der Waals surface area (Å²) in [7, 11) is 0. The van der Waals surface area contributed by atoms with E-state index in [2.05, 4.69) is 20.8 Å². The van der Waals surface area contributed by atoms with E-state index < -0.39 is 5.79 Å². The van der Waals surface area contributed by atoms with Gasteiger partial charge in [0.05, 0.1) is 0 Å². The molecule has 0 radical (unpaired) electrons. The zero-order chi connectivity index (χ0) is 14.8. The van der Waals surface area contributed by atoms with Crippen LogP contribution in [0.4, 0.5) is 0 Å². The minimum absolute atomic E-state index is 0.212. The van der Waals surface area contributed by atoms with Crippen LogP contribution in [0.15, 0.2) is 0 Å². The lowest BCUT2D eigenvalue weighted by molar-refractivity contribution is -0.186. The smallest absolute Gasteiger partial charge is 0.162 e. The van der Waals surface area contributed by atoms with E-state index in [1.807, 2.05) is 6.92 Å². The lowest BCUT2D eigenvalue weighted by Crippen LogP contribution is -2.48. The molecule has 4 N–H and O–H groups in total. The van der Waals surface area contributed by atoms with Crippen molar-refractivity contribution >= 4 is 0 Å². The maximum absolute atomic E-state index is 9.67. The standard InChI is InChI=1S/C16H33NO2/c1-6-14(8-7-13-9-11(13)2)15(4,17)10-12(3)16(5,18)19/h11-14,18-19H,6-10,17H2,1-5H3. The Morgan fingerprint density at radius 3 is 2.21 bits per heavy atom. The molecule has 114 valence electrons. The van der Waals surface area contributed by atoms with Crippen molar-refractivity contribution in [2.75, 3.05) is 0 Å². The number of rotatable bonds is 8. The van der Waals surface area contributed by atoms with Crippen LogP contribution in [0.2, 0.25) is 0 Å². The molecule has 1 fully saturated rings. The van der Waals surface area contributed by atoms with E-state index >= 15 is 0 Å². The third-order valence-corrected chi connectivity index (χ3v) is 5.27. The zero-order valence-electron chi connectivity index (χ0n) is 13.3. The van der Waals surface area contributed by atoms with E-state index in [1.54, 1.807) is 0 Å². The van der Waals surface area contributed by atoms with Crippen LogP contribution in [-0.2, 0) is 0 Å². The van der Waals surface area contributed by atoms with Gasteiger partial charge in [0.25, 0.3) is 0 Å². The summed E-state index contributed by atoms with van der Waals surface area (Å²) in [5.41, 5.74) is 6.17. The molecular weight excluding hydrogens is 238 g/mol. The molecule has 1 rings (SSSR count). The molecular formula is C16H33NO2. The first-order valence-electron chi connectivity index (χ1n) is 7.81. The Morgan fingerprint density at radius 2 is 1.84 bits per heavy atom. The molecule has 3 nitrogen and oxygen atoms in total. The fraction of sp³-hybridized carbons (Fsp3) is 1.00. The van der Waals surface area contributed by atoms with Crippen LogP contribution in [0.5, 0.6) is 0 Å². The molecule has 3 heteroatoms. The van der Waals surface area contributed by atoms with E-state index in [9.17, 15) is 10.2 Å². The predicted molar refractivity (Wildman–Crippen MR) is 79.5 cm³/mol. The SMILES string of the molecule is CCC(CCC1CC1C)C(C)(N)CC(C)C(C)(O)O. The third-order valence-electron chi connectivity index (χ3n) is 5.27. The van der Waals surface area contributed by atoms with Gasteiger partial charge in [0.2, 0.25) is 0 Å². The summed E-state index contributed by atoms with van der Waals surface area (Å²) < 4.78 is 0. The van der Waals surface area contributed by atoms with Crippen LogP contribution in [0, 0.1) is 23.7 Å². The van der Waals surface area contributed by atoms with Gasteiger partial charge in [-0.05, 0) is 57.3 Å². The maximum atomic E-state index is 9.67. The molecule has 0 amide bonds.